The van der Waals surface area contributed by atoms with Crippen LogP contribution in [-0.4, -0.2) is 22.2 Å². The van der Waals surface area contributed by atoms with Crippen LogP contribution in [0.15, 0.2) is 48.5 Å². The smallest absolute Gasteiger partial charge is 0.336 e. The third-order valence-electron chi connectivity index (χ3n) is 5.27. The molecule has 0 spiro atoms. The van der Waals surface area contributed by atoms with Crippen LogP contribution in [0.1, 0.15) is 20.7 Å². The van der Waals surface area contributed by atoms with Crippen molar-refractivity contribution in [2.24, 2.45) is 0 Å². The molecule has 42 heavy (non-hydrogen) atoms. The maximum Gasteiger partial charge on any atom is 0.336 e. The van der Waals surface area contributed by atoms with Crippen LogP contribution in [0.2, 0.25) is 0 Å². The molecule has 0 heterocycles. The first-order valence-electron chi connectivity index (χ1n) is 10.4. The molecule has 4 aromatic rings. The summed E-state index contributed by atoms with van der Waals surface area (Å²) in [6.07, 6.45) is 0. The summed E-state index contributed by atoms with van der Waals surface area (Å²) in [6, 6.07) is 8.88. The van der Waals surface area contributed by atoms with E-state index in [0.29, 0.717) is 0 Å². The Bertz CT molecular complexity index is 1500. The Morgan fingerprint density at radius 2 is 0.643 bits per heavy atom. The molecule has 0 atom stereocenters. The Balaban J connectivity index is 0.000000401. The van der Waals surface area contributed by atoms with E-state index in [2.05, 4.69) is 0 Å². The van der Waals surface area contributed by atoms with E-state index in [0.717, 1.165) is 24.3 Å². The van der Waals surface area contributed by atoms with Crippen LogP contribution in [0.3, 0.4) is 0 Å². The minimum Gasteiger partial charge on any atom is -0.478 e. The first kappa shape index (κ1) is 36.1. The molecule has 227 valence electrons. The molecule has 4 nitrogen and oxygen atoms in total. The van der Waals surface area contributed by atoms with Gasteiger partial charge in [0.05, 0.1) is 22.3 Å². The summed E-state index contributed by atoms with van der Waals surface area (Å²) < 4.78 is 133. The number of hydrogen-bond donors (Lipinski definition) is 2. The van der Waals surface area contributed by atoms with Gasteiger partial charge < -0.3 is 10.2 Å². The van der Waals surface area contributed by atoms with Crippen molar-refractivity contribution >= 4 is 28.9 Å². The van der Waals surface area contributed by atoms with Gasteiger partial charge in [-0.05, 0) is 12.1 Å². The summed E-state index contributed by atoms with van der Waals surface area (Å²) >= 11 is 0. The third-order valence-corrected chi connectivity index (χ3v) is 5.27. The minimum absolute atomic E-state index is 0. The quantitative estimate of drug-likeness (QED) is 0.0969. The standard InChI is InChI=1S/2C13H5F5O2.BrH.Cu/c2*14-8-7(9(15)11(17)12(18)10(8)16)5-3-1-2-4-6(5)13(19)20;;/h2*1-4H,(H,19,20);1H;. The molecule has 4 rings (SSSR count). The van der Waals surface area contributed by atoms with E-state index in [-0.39, 0.29) is 34.1 Å². The number of aromatic carboxylic acids is 2. The van der Waals surface area contributed by atoms with Gasteiger partial charge in [-0.25, -0.2) is 53.5 Å². The zero-order valence-corrected chi connectivity index (χ0v) is 22.5. The zero-order chi connectivity index (χ0) is 30.0. The van der Waals surface area contributed by atoms with Crippen molar-refractivity contribution in [3.8, 4) is 22.3 Å². The largest absolute Gasteiger partial charge is 0.478 e. The molecule has 0 aliphatic rings. The number of benzene rings is 4. The molecule has 0 saturated heterocycles. The average Bonchev–Trinajstić information content (AvgIpc) is 2.94. The van der Waals surface area contributed by atoms with Crippen LogP contribution in [-0.2, 0) is 17.1 Å². The Hall–Kier alpha value is -3.88. The average molecular weight is 721 g/mol. The van der Waals surface area contributed by atoms with E-state index >= 15 is 0 Å². The van der Waals surface area contributed by atoms with Crippen molar-refractivity contribution in [1.29, 1.82) is 0 Å². The Kier molecular flexibility index (Phi) is 12.3. The second-order valence-corrected chi connectivity index (χ2v) is 7.59. The molecule has 0 bridgehead atoms. The van der Waals surface area contributed by atoms with E-state index < -0.39 is 103 Å². The van der Waals surface area contributed by atoms with E-state index in [9.17, 15) is 53.5 Å². The zero-order valence-electron chi connectivity index (χ0n) is 19.8. The van der Waals surface area contributed by atoms with E-state index in [1.165, 1.54) is 24.3 Å². The maximum atomic E-state index is 13.6. The molecule has 2 N–H and O–H groups in total. The van der Waals surface area contributed by atoms with Crippen LogP contribution in [0.25, 0.3) is 22.3 Å². The molecule has 0 unspecified atom stereocenters. The minimum atomic E-state index is -2.29. The van der Waals surface area contributed by atoms with Gasteiger partial charge in [0, 0.05) is 28.2 Å². The molecule has 0 aromatic heterocycles. The van der Waals surface area contributed by atoms with Crippen LogP contribution < -0.4 is 0 Å². The fourth-order valence-electron chi connectivity index (χ4n) is 3.46. The van der Waals surface area contributed by atoms with Gasteiger partial charge >= 0.3 is 11.9 Å². The fraction of sp³-hybridized carbons (Fsp3) is 0. The molecular weight excluding hydrogens is 710 g/mol. The molecule has 1 radical (unpaired) electrons. The predicted molar refractivity (Wildman–Crippen MR) is 128 cm³/mol. The summed E-state index contributed by atoms with van der Waals surface area (Å²) in [4.78, 5) is 21.9. The van der Waals surface area contributed by atoms with Gasteiger partial charge in [-0.2, -0.15) is 0 Å². The molecule has 0 fully saturated rings. The van der Waals surface area contributed by atoms with Crippen molar-refractivity contribution < 1.29 is 80.8 Å². The van der Waals surface area contributed by atoms with Gasteiger partial charge in [-0.15, -0.1) is 17.0 Å². The first-order chi connectivity index (χ1) is 18.7. The van der Waals surface area contributed by atoms with Gasteiger partial charge in [-0.1, -0.05) is 36.4 Å². The molecular formula is C26H11BrCuF10O4. The van der Waals surface area contributed by atoms with E-state index in [1.54, 1.807) is 0 Å². The van der Waals surface area contributed by atoms with Crippen molar-refractivity contribution in [2.75, 3.05) is 0 Å². The predicted octanol–water partition coefficient (Wildman–Crippen LogP) is 8.07. The normalized spacial score (nSPS) is 10.1. The van der Waals surface area contributed by atoms with E-state index in [1.807, 2.05) is 0 Å². The van der Waals surface area contributed by atoms with Gasteiger partial charge in [-0.3, -0.25) is 0 Å². The summed E-state index contributed by atoms with van der Waals surface area (Å²) in [5.41, 5.74) is -4.86. The van der Waals surface area contributed by atoms with Crippen molar-refractivity contribution in [2.45, 2.75) is 0 Å². The van der Waals surface area contributed by atoms with Gasteiger partial charge in [0.25, 0.3) is 0 Å². The van der Waals surface area contributed by atoms with Crippen molar-refractivity contribution in [3.63, 3.8) is 0 Å². The number of hydrogen-bond acceptors (Lipinski definition) is 2. The van der Waals surface area contributed by atoms with Crippen LogP contribution in [0, 0.1) is 58.2 Å². The number of carboxylic acid groups (broad SMARTS) is 2. The fourth-order valence-corrected chi connectivity index (χ4v) is 3.46. The van der Waals surface area contributed by atoms with Gasteiger partial charge in [0.15, 0.2) is 46.5 Å². The first-order valence-corrected chi connectivity index (χ1v) is 10.4. The van der Waals surface area contributed by atoms with Gasteiger partial charge in [0.1, 0.15) is 0 Å². The molecule has 0 aliphatic heterocycles. The Labute approximate surface area is 249 Å². The van der Waals surface area contributed by atoms with Crippen molar-refractivity contribution in [3.05, 3.63) is 118 Å². The van der Waals surface area contributed by atoms with E-state index in [4.69, 9.17) is 10.2 Å². The number of carboxylic acids is 2. The van der Waals surface area contributed by atoms with Gasteiger partial charge in [0.2, 0.25) is 11.6 Å². The Morgan fingerprint density at radius 3 is 0.881 bits per heavy atom. The maximum absolute atomic E-state index is 13.6. The van der Waals surface area contributed by atoms with Crippen LogP contribution in [0.5, 0.6) is 0 Å². The summed E-state index contributed by atoms with van der Waals surface area (Å²) in [7, 11) is 0. The summed E-state index contributed by atoms with van der Waals surface area (Å²) in [5.74, 6) is -24.5. The van der Waals surface area contributed by atoms with Crippen LogP contribution >= 0.6 is 17.0 Å². The second-order valence-electron chi connectivity index (χ2n) is 7.59. The van der Waals surface area contributed by atoms with Crippen LogP contribution in [0.4, 0.5) is 43.9 Å². The monoisotopic (exact) mass is 719 g/mol. The Morgan fingerprint density at radius 1 is 0.429 bits per heavy atom. The SMILES string of the molecule is Br.O=C(O)c1ccccc1-c1c(F)c(F)c(F)c(F)c1F.O=C(O)c1ccccc1-c1c(F)c(F)c(F)c(F)c1F.[Cu]. The number of halogens is 11. The summed E-state index contributed by atoms with van der Waals surface area (Å²) in [5, 5.41) is 17.8. The molecule has 16 heteroatoms. The summed E-state index contributed by atoms with van der Waals surface area (Å²) in [6.45, 7) is 0. The molecule has 0 saturated carbocycles. The van der Waals surface area contributed by atoms with Crippen molar-refractivity contribution in [1.82, 2.24) is 0 Å². The topological polar surface area (TPSA) is 74.6 Å². The molecule has 0 amide bonds. The second kappa shape index (κ2) is 14.3. The number of carbonyl (C=O) groups is 2. The molecule has 0 aliphatic carbocycles. The third kappa shape index (κ3) is 6.61. The number of rotatable bonds is 4. The molecule has 4 aromatic carbocycles.